The standard InChI is InChI=1S/C12H14INO3S/c1-8(2)5-6-14-12(15)10-7-9(13)3-4-11(10)18(14,16)17/h3-4,7-8H,5-6H2,1-2H3. The van der Waals surface area contributed by atoms with Crippen molar-refractivity contribution >= 4 is 38.5 Å². The molecule has 0 atom stereocenters. The maximum absolute atomic E-state index is 12.2. The zero-order valence-electron chi connectivity index (χ0n) is 10.2. The van der Waals surface area contributed by atoms with E-state index < -0.39 is 15.9 Å². The average Bonchev–Trinajstić information content (AvgIpc) is 2.44. The molecular weight excluding hydrogens is 365 g/mol. The highest BCUT2D eigenvalue weighted by Crippen LogP contribution is 2.31. The van der Waals surface area contributed by atoms with Crippen molar-refractivity contribution in [3.8, 4) is 0 Å². The molecule has 0 fully saturated rings. The molecular formula is C12H14INO3S. The van der Waals surface area contributed by atoms with Crippen molar-refractivity contribution in [2.24, 2.45) is 5.92 Å². The smallest absolute Gasteiger partial charge is 0.268 e. The third kappa shape index (κ3) is 2.27. The molecule has 0 saturated heterocycles. The van der Waals surface area contributed by atoms with Crippen LogP contribution in [0.15, 0.2) is 23.1 Å². The first-order valence-electron chi connectivity index (χ1n) is 5.70. The molecule has 0 spiro atoms. The molecule has 6 heteroatoms. The maximum Gasteiger partial charge on any atom is 0.269 e. The molecule has 0 saturated carbocycles. The molecule has 1 heterocycles. The Bertz CT molecular complexity index is 595. The summed E-state index contributed by atoms with van der Waals surface area (Å²) in [5, 5.41) is 0. The Kier molecular flexibility index (Phi) is 3.68. The molecule has 0 N–H and O–H groups in total. The van der Waals surface area contributed by atoms with Gasteiger partial charge in [-0.15, -0.1) is 0 Å². The van der Waals surface area contributed by atoms with Gasteiger partial charge in [0.2, 0.25) is 0 Å². The summed E-state index contributed by atoms with van der Waals surface area (Å²) < 4.78 is 26.3. The fourth-order valence-electron chi connectivity index (χ4n) is 1.85. The van der Waals surface area contributed by atoms with Gasteiger partial charge in [0.05, 0.1) is 5.56 Å². The molecule has 4 nitrogen and oxygen atoms in total. The van der Waals surface area contributed by atoms with Crippen LogP contribution in [-0.4, -0.2) is 25.2 Å². The lowest BCUT2D eigenvalue weighted by Crippen LogP contribution is -2.31. The number of hydrogen-bond acceptors (Lipinski definition) is 3. The fraction of sp³-hybridized carbons (Fsp3) is 0.417. The Morgan fingerprint density at radius 1 is 1.33 bits per heavy atom. The van der Waals surface area contributed by atoms with Crippen LogP contribution >= 0.6 is 22.6 Å². The monoisotopic (exact) mass is 379 g/mol. The van der Waals surface area contributed by atoms with Crippen molar-refractivity contribution < 1.29 is 13.2 Å². The van der Waals surface area contributed by atoms with Crippen molar-refractivity contribution in [3.05, 3.63) is 27.3 Å². The predicted molar refractivity (Wildman–Crippen MR) is 76.8 cm³/mol. The van der Waals surface area contributed by atoms with Gasteiger partial charge >= 0.3 is 0 Å². The first kappa shape index (κ1) is 13.8. The highest BCUT2D eigenvalue weighted by Gasteiger charge is 2.40. The van der Waals surface area contributed by atoms with Crippen LogP contribution in [0.1, 0.15) is 30.6 Å². The van der Waals surface area contributed by atoms with Crippen LogP contribution in [0.2, 0.25) is 0 Å². The summed E-state index contributed by atoms with van der Waals surface area (Å²) in [7, 11) is -3.63. The second-order valence-corrected chi connectivity index (χ2v) is 7.78. The molecule has 0 unspecified atom stereocenters. The van der Waals surface area contributed by atoms with E-state index >= 15 is 0 Å². The Morgan fingerprint density at radius 2 is 2.00 bits per heavy atom. The van der Waals surface area contributed by atoms with Gasteiger partial charge in [-0.2, -0.15) is 0 Å². The van der Waals surface area contributed by atoms with Gasteiger partial charge in [-0.1, -0.05) is 13.8 Å². The van der Waals surface area contributed by atoms with E-state index in [9.17, 15) is 13.2 Å². The van der Waals surface area contributed by atoms with Crippen LogP contribution in [0.25, 0.3) is 0 Å². The van der Waals surface area contributed by atoms with E-state index in [0.29, 0.717) is 17.9 Å². The zero-order valence-corrected chi connectivity index (χ0v) is 13.2. The lowest BCUT2D eigenvalue weighted by atomic mass is 10.1. The van der Waals surface area contributed by atoms with E-state index in [1.54, 1.807) is 12.1 Å². The molecule has 1 aromatic carbocycles. The molecule has 0 radical (unpaired) electrons. The van der Waals surface area contributed by atoms with Crippen molar-refractivity contribution in [2.75, 3.05) is 6.54 Å². The number of carbonyl (C=O) groups excluding carboxylic acids is 1. The minimum Gasteiger partial charge on any atom is -0.268 e. The first-order chi connectivity index (χ1) is 8.34. The Morgan fingerprint density at radius 3 is 2.61 bits per heavy atom. The van der Waals surface area contributed by atoms with Crippen molar-refractivity contribution in [1.82, 2.24) is 4.31 Å². The Balaban J connectivity index is 2.41. The molecule has 2 rings (SSSR count). The summed E-state index contributed by atoms with van der Waals surface area (Å²) in [5.74, 6) is -0.0407. The van der Waals surface area contributed by atoms with Gasteiger partial charge in [0.1, 0.15) is 4.90 Å². The lowest BCUT2D eigenvalue weighted by Gasteiger charge is -2.15. The number of fused-ring (bicyclic) bond motifs is 1. The molecule has 0 bridgehead atoms. The predicted octanol–water partition coefficient (Wildman–Crippen LogP) is 2.48. The number of hydrogen-bond donors (Lipinski definition) is 0. The summed E-state index contributed by atoms with van der Waals surface area (Å²) in [4.78, 5) is 12.3. The normalized spacial score (nSPS) is 17.3. The van der Waals surface area contributed by atoms with Gasteiger partial charge in [0, 0.05) is 10.1 Å². The summed E-state index contributed by atoms with van der Waals surface area (Å²) >= 11 is 2.07. The van der Waals surface area contributed by atoms with E-state index in [2.05, 4.69) is 22.6 Å². The van der Waals surface area contributed by atoms with Gasteiger partial charge in [-0.3, -0.25) is 4.79 Å². The van der Waals surface area contributed by atoms with Gasteiger partial charge in [0.25, 0.3) is 15.9 Å². The van der Waals surface area contributed by atoms with Crippen LogP contribution in [0.5, 0.6) is 0 Å². The van der Waals surface area contributed by atoms with E-state index in [4.69, 9.17) is 0 Å². The minimum atomic E-state index is -3.63. The number of sulfonamides is 1. The largest absolute Gasteiger partial charge is 0.269 e. The summed E-state index contributed by atoms with van der Waals surface area (Å²) in [6.45, 7) is 4.26. The SMILES string of the molecule is CC(C)CCN1C(=O)c2cc(I)ccc2S1(=O)=O. The van der Waals surface area contributed by atoms with Crippen LogP contribution in [-0.2, 0) is 10.0 Å². The highest BCUT2D eigenvalue weighted by atomic mass is 127. The van der Waals surface area contributed by atoms with Gasteiger partial charge in [-0.05, 0) is 53.1 Å². The number of amides is 1. The summed E-state index contributed by atoms with van der Waals surface area (Å²) in [6, 6.07) is 4.85. The molecule has 98 valence electrons. The van der Waals surface area contributed by atoms with Crippen LogP contribution in [0.3, 0.4) is 0 Å². The number of rotatable bonds is 3. The second-order valence-electron chi connectivity index (χ2n) is 4.71. The van der Waals surface area contributed by atoms with Crippen molar-refractivity contribution in [2.45, 2.75) is 25.2 Å². The molecule has 1 aliphatic heterocycles. The topological polar surface area (TPSA) is 54.5 Å². The van der Waals surface area contributed by atoms with E-state index in [-0.39, 0.29) is 11.4 Å². The third-order valence-electron chi connectivity index (χ3n) is 2.88. The quantitative estimate of drug-likeness (QED) is 0.759. The van der Waals surface area contributed by atoms with E-state index in [1.165, 1.54) is 6.07 Å². The Labute approximate surface area is 121 Å². The van der Waals surface area contributed by atoms with Gasteiger partial charge in [-0.25, -0.2) is 12.7 Å². The van der Waals surface area contributed by atoms with Gasteiger partial charge in [0.15, 0.2) is 0 Å². The van der Waals surface area contributed by atoms with Crippen LogP contribution in [0, 0.1) is 9.49 Å². The van der Waals surface area contributed by atoms with E-state index in [1.807, 2.05) is 13.8 Å². The Hall–Kier alpha value is -0.630. The summed E-state index contributed by atoms with van der Waals surface area (Å²) in [5.41, 5.74) is 0.297. The number of nitrogens with zero attached hydrogens (tertiary/aromatic N) is 1. The van der Waals surface area contributed by atoms with Crippen molar-refractivity contribution in [3.63, 3.8) is 0 Å². The number of halogens is 1. The van der Waals surface area contributed by atoms with Gasteiger partial charge < -0.3 is 0 Å². The van der Waals surface area contributed by atoms with Crippen molar-refractivity contribution in [1.29, 1.82) is 0 Å². The van der Waals surface area contributed by atoms with E-state index in [0.717, 1.165) is 7.88 Å². The highest BCUT2D eigenvalue weighted by molar-refractivity contribution is 14.1. The fourth-order valence-corrected chi connectivity index (χ4v) is 3.91. The van der Waals surface area contributed by atoms with Crippen LogP contribution in [0.4, 0.5) is 0 Å². The summed E-state index contributed by atoms with van der Waals surface area (Å²) in [6.07, 6.45) is 0.677. The molecule has 0 aliphatic carbocycles. The van der Waals surface area contributed by atoms with Crippen LogP contribution < -0.4 is 0 Å². The zero-order chi connectivity index (χ0) is 13.5. The third-order valence-corrected chi connectivity index (χ3v) is 5.39. The molecule has 18 heavy (non-hydrogen) atoms. The molecule has 0 aromatic heterocycles. The lowest BCUT2D eigenvalue weighted by molar-refractivity contribution is 0.0867. The molecule has 1 aromatic rings. The molecule has 1 amide bonds. The number of carbonyl (C=O) groups is 1. The minimum absolute atomic E-state index is 0.136. The maximum atomic E-state index is 12.2. The molecule has 1 aliphatic rings. The second kappa shape index (κ2) is 4.80. The number of benzene rings is 1. The average molecular weight is 379 g/mol. The first-order valence-corrected chi connectivity index (χ1v) is 8.22.